The Kier molecular flexibility index (Phi) is 6.49. The van der Waals surface area contributed by atoms with E-state index in [9.17, 15) is 18.9 Å². The number of nitrogen functional groups attached to an aromatic ring is 1. The number of nitrogens with two attached hydrogens (primary N) is 1. The number of hydrogen-bond acceptors (Lipinski definition) is 15. The molecule has 7 atom stereocenters. The molecule has 0 bridgehead atoms. The molecule has 2 aromatic heterocycles. The predicted octanol–water partition coefficient (Wildman–Crippen LogP) is 0.506. The minimum Gasteiger partial charge on any atom is -0.776 e. The number of alkyl halides is 2. The van der Waals surface area contributed by atoms with Crippen LogP contribution in [0, 0.1) is 0 Å². The van der Waals surface area contributed by atoms with Crippen LogP contribution in [0.25, 0.3) is 11.2 Å². The molecule has 16 nitrogen and oxygen atoms in total. The Morgan fingerprint density at radius 2 is 1.85 bits per heavy atom. The zero-order valence-electron chi connectivity index (χ0n) is 16.7. The lowest BCUT2D eigenvalue weighted by atomic mass is 10.1. The summed E-state index contributed by atoms with van der Waals surface area (Å²) in [6.45, 7) is -1.46. The van der Waals surface area contributed by atoms with Crippen LogP contribution in [0.2, 0.25) is 0 Å². The van der Waals surface area contributed by atoms with Crippen molar-refractivity contribution >= 4 is 64.0 Å². The fraction of sp³-hybridized carbons (Fsp3) is 0.615. The molecule has 3 aliphatic heterocycles. The van der Waals surface area contributed by atoms with Gasteiger partial charge < -0.3 is 48.1 Å². The van der Waals surface area contributed by atoms with Crippen LogP contribution in [0.15, 0.2) is 12.7 Å². The highest BCUT2D eigenvalue weighted by atomic mass is 35.5. The Bertz CT molecular complexity index is 1180. The molecule has 21 heteroatoms. The molecule has 0 aromatic carbocycles. The van der Waals surface area contributed by atoms with Crippen molar-refractivity contribution in [3.63, 3.8) is 0 Å². The summed E-state index contributed by atoms with van der Waals surface area (Å²) in [7, 11) is -12.2. The summed E-state index contributed by atoms with van der Waals surface area (Å²) < 4.78 is 59.3. The summed E-state index contributed by atoms with van der Waals surface area (Å²) >= 11 is 10.8. The van der Waals surface area contributed by atoms with Crippen LogP contribution in [0.3, 0.4) is 0 Å². The normalized spacial score (nSPS) is 41.7. The first-order chi connectivity index (χ1) is 15.9. The summed E-state index contributed by atoms with van der Waals surface area (Å²) in [5.41, 5.74) is 6.52. The van der Waals surface area contributed by atoms with Gasteiger partial charge in [0.15, 0.2) is 32.9 Å². The van der Waals surface area contributed by atoms with Crippen molar-refractivity contribution in [1.82, 2.24) is 19.5 Å². The third-order valence-corrected chi connectivity index (χ3v) is 13.4. The maximum Gasteiger partial charge on any atom is 0.343 e. The van der Waals surface area contributed by atoms with E-state index in [1.165, 1.54) is 19.8 Å². The minimum absolute atomic E-state index is 0.157. The van der Waals surface area contributed by atoms with Gasteiger partial charge in [0.2, 0.25) is 3.82 Å². The molecule has 2 aromatic rings. The van der Waals surface area contributed by atoms with Gasteiger partial charge in [0.25, 0.3) is 6.48 Å². The topological polar surface area (TPSA) is 214 Å². The van der Waals surface area contributed by atoms with Gasteiger partial charge in [0.05, 0.1) is 12.9 Å². The lowest BCUT2D eigenvalue weighted by Gasteiger charge is -2.47. The van der Waals surface area contributed by atoms with Gasteiger partial charge in [-0.1, -0.05) is 23.2 Å². The van der Waals surface area contributed by atoms with Gasteiger partial charge >= 0.3 is 8.60 Å². The summed E-state index contributed by atoms with van der Waals surface area (Å²) in [4.78, 5) is 36.3. The molecule has 0 saturated carbocycles. The van der Waals surface area contributed by atoms with Gasteiger partial charge in [-0.3, -0.25) is 13.2 Å². The molecule has 188 valence electrons. The monoisotopic (exact) mass is 579 g/mol. The van der Waals surface area contributed by atoms with Crippen molar-refractivity contribution in [2.75, 3.05) is 19.5 Å². The smallest absolute Gasteiger partial charge is 0.343 e. The quantitative estimate of drug-likeness (QED) is 0.377. The molecule has 3 fully saturated rings. The lowest BCUT2D eigenvalue weighted by Crippen LogP contribution is -2.34. The van der Waals surface area contributed by atoms with E-state index in [0.717, 1.165) is 0 Å². The molecule has 2 N–H and O–H groups in total. The fourth-order valence-electron chi connectivity index (χ4n) is 3.45. The zero-order chi connectivity index (χ0) is 24.5. The van der Waals surface area contributed by atoms with Crippen LogP contribution in [-0.2, 0) is 41.2 Å². The summed E-state index contributed by atoms with van der Waals surface area (Å²) in [5, 5.41) is 0. The Morgan fingerprint density at radius 1 is 1.18 bits per heavy atom. The number of halogens is 2. The number of methoxy groups -OCH3 is 1. The number of aromatic nitrogens is 4. The molecule has 5 heterocycles. The molecule has 0 radical (unpaired) electrons. The Hall–Kier alpha value is -0.540. The SMILES string of the molecule is COC1OC2[C@@H](COP3OP(=O)([O-])C(Cl)(Cl)P(=O)([O-])O3)O[C@@H](n3cnc4c(N)ncnc43)[C@H]2O1. The van der Waals surface area contributed by atoms with Gasteiger partial charge in [-0.15, -0.1) is 0 Å². The van der Waals surface area contributed by atoms with E-state index in [-0.39, 0.29) is 5.82 Å². The summed E-state index contributed by atoms with van der Waals surface area (Å²) in [6, 6.07) is 0. The number of imidazole rings is 1. The second-order valence-electron chi connectivity index (χ2n) is 7.06. The Morgan fingerprint density at radius 3 is 2.53 bits per heavy atom. The zero-order valence-corrected chi connectivity index (χ0v) is 20.9. The van der Waals surface area contributed by atoms with E-state index >= 15 is 0 Å². The highest BCUT2D eigenvalue weighted by Gasteiger charge is 2.58. The number of anilines is 1. The van der Waals surface area contributed by atoms with Crippen molar-refractivity contribution in [3.8, 4) is 0 Å². The minimum atomic E-state index is -5.32. The Balaban J connectivity index is 1.36. The molecule has 0 spiro atoms. The molecule has 34 heavy (non-hydrogen) atoms. The maximum absolute atomic E-state index is 12.0. The van der Waals surface area contributed by atoms with Crippen LogP contribution >= 0.6 is 47.0 Å². The van der Waals surface area contributed by atoms with Gasteiger partial charge in [0, 0.05) is 7.11 Å². The van der Waals surface area contributed by atoms with Crippen LogP contribution in [0.5, 0.6) is 0 Å². The molecule has 4 unspecified atom stereocenters. The van der Waals surface area contributed by atoms with E-state index in [2.05, 4.69) is 23.6 Å². The first-order valence-corrected chi connectivity index (χ1v) is 14.1. The second-order valence-corrected chi connectivity index (χ2v) is 15.1. The van der Waals surface area contributed by atoms with E-state index in [0.29, 0.717) is 11.2 Å². The number of hydrogen-bond donors (Lipinski definition) is 1. The van der Waals surface area contributed by atoms with Gasteiger partial charge in [-0.25, -0.2) is 15.0 Å². The molecule has 0 aliphatic carbocycles. The van der Waals surface area contributed by atoms with Crippen LogP contribution in [0.1, 0.15) is 6.23 Å². The molecular weight excluding hydrogens is 566 g/mol. The largest absolute Gasteiger partial charge is 0.776 e. The van der Waals surface area contributed by atoms with Crippen molar-refractivity contribution in [2.24, 2.45) is 0 Å². The number of ether oxygens (including phenoxy) is 4. The third kappa shape index (κ3) is 4.00. The van der Waals surface area contributed by atoms with Gasteiger partial charge in [-0.2, -0.15) is 0 Å². The third-order valence-electron chi connectivity index (χ3n) is 5.03. The number of rotatable bonds is 5. The number of fused-ring (bicyclic) bond motifs is 2. The summed E-state index contributed by atoms with van der Waals surface area (Å²) in [6.07, 6.45) is -0.634. The van der Waals surface area contributed by atoms with E-state index in [1.54, 1.807) is 4.57 Å². The Labute approximate surface area is 201 Å². The van der Waals surface area contributed by atoms with Gasteiger partial charge in [0.1, 0.15) is 30.2 Å². The first-order valence-electron chi connectivity index (χ1n) is 9.20. The van der Waals surface area contributed by atoms with Crippen LogP contribution < -0.4 is 15.5 Å². The molecular formula is C13H14Cl2N5O11P3-2. The average molecular weight is 580 g/mol. The molecule has 5 rings (SSSR count). The van der Waals surface area contributed by atoms with Crippen LogP contribution in [0.4, 0.5) is 5.82 Å². The molecule has 3 aliphatic rings. The average Bonchev–Trinajstić information content (AvgIpc) is 3.44. The van der Waals surface area contributed by atoms with E-state index < -0.39 is 65.2 Å². The standard InChI is InChI=1S/C13H16Cl2N5O11P3/c1-25-12-28-7-5(2-26-32-30-33(21,22)13(14,15)34(23,24)31-32)27-11(8(7)29-12)20-4-19-6-9(16)17-3-18-10(6)20/h3-5,7-8,11-12H,2H2,1H3,(H,21,22)(H,23,24)(H2,16,17,18)/p-2/t5-,7?,8+,11-,12?/m1/s1. The van der Waals surface area contributed by atoms with Crippen molar-refractivity contribution < 1.29 is 51.0 Å². The molecule has 0 amide bonds. The van der Waals surface area contributed by atoms with Crippen LogP contribution in [-0.4, -0.2) is 61.8 Å². The first kappa shape index (κ1) is 25.1. The summed E-state index contributed by atoms with van der Waals surface area (Å²) in [5.74, 6) is 0.157. The highest BCUT2D eigenvalue weighted by Crippen LogP contribution is 2.84. The highest BCUT2D eigenvalue weighted by molar-refractivity contribution is 7.85. The fourth-order valence-corrected chi connectivity index (χ4v) is 9.64. The van der Waals surface area contributed by atoms with E-state index in [4.69, 9.17) is 52.4 Å². The second kappa shape index (κ2) is 8.79. The lowest BCUT2D eigenvalue weighted by molar-refractivity contribution is -0.256. The predicted molar refractivity (Wildman–Crippen MR) is 109 cm³/mol. The van der Waals surface area contributed by atoms with Crippen molar-refractivity contribution in [2.45, 2.75) is 34.8 Å². The maximum atomic E-state index is 12.0. The van der Waals surface area contributed by atoms with E-state index in [1.807, 2.05) is 0 Å². The van der Waals surface area contributed by atoms with Gasteiger partial charge in [-0.05, 0) is 0 Å². The number of nitrogens with zero attached hydrogens (tertiary/aromatic N) is 4. The van der Waals surface area contributed by atoms with Crippen molar-refractivity contribution in [3.05, 3.63) is 12.7 Å². The molecule has 3 saturated heterocycles. The van der Waals surface area contributed by atoms with Crippen molar-refractivity contribution in [1.29, 1.82) is 0 Å².